The number of rotatable bonds is 3. The van der Waals surface area contributed by atoms with Crippen LogP contribution in [0.2, 0.25) is 0 Å². The molecule has 0 radical (unpaired) electrons. The summed E-state index contributed by atoms with van der Waals surface area (Å²) in [6.45, 7) is 1.97. The summed E-state index contributed by atoms with van der Waals surface area (Å²) in [5, 5.41) is 8.58. The Labute approximate surface area is 91.1 Å². The van der Waals surface area contributed by atoms with Crippen molar-refractivity contribution in [2.45, 2.75) is 19.4 Å². The van der Waals surface area contributed by atoms with Crippen LogP contribution in [0.4, 0.5) is 0 Å². The number of aryl methyl sites for hydroxylation is 1. The number of halogens is 1. The first-order chi connectivity index (χ1) is 6.50. The average molecular weight is 258 g/mol. The van der Waals surface area contributed by atoms with Crippen molar-refractivity contribution in [1.29, 1.82) is 0 Å². The van der Waals surface area contributed by atoms with Gasteiger partial charge in [-0.2, -0.15) is 0 Å². The number of hydrogen-bond acceptors (Lipinski definition) is 2. The molecule has 0 amide bonds. The van der Waals surface area contributed by atoms with E-state index >= 15 is 0 Å². The molecule has 0 spiro atoms. The lowest BCUT2D eigenvalue weighted by Crippen LogP contribution is -2.14. The molecule has 0 unspecified atom stereocenters. The summed E-state index contributed by atoms with van der Waals surface area (Å²) >= 11 is 3.38. The second kappa shape index (κ2) is 4.57. The van der Waals surface area contributed by atoms with Gasteiger partial charge < -0.3 is 10.8 Å². The fraction of sp³-hybridized carbons (Fsp3) is 0.300. The summed E-state index contributed by atoms with van der Waals surface area (Å²) in [4.78, 5) is 10.4. The summed E-state index contributed by atoms with van der Waals surface area (Å²) in [7, 11) is 0. The Morgan fingerprint density at radius 3 is 2.79 bits per heavy atom. The van der Waals surface area contributed by atoms with E-state index in [0.717, 1.165) is 15.6 Å². The number of carboxylic acids is 1. The smallest absolute Gasteiger partial charge is 0.305 e. The van der Waals surface area contributed by atoms with Gasteiger partial charge in [0.1, 0.15) is 0 Å². The van der Waals surface area contributed by atoms with E-state index in [-0.39, 0.29) is 6.42 Å². The number of carboxylic acid groups (broad SMARTS) is 1. The largest absolute Gasteiger partial charge is 0.481 e. The summed E-state index contributed by atoms with van der Waals surface area (Å²) in [5.74, 6) is -0.880. The molecule has 1 atom stereocenters. The molecule has 14 heavy (non-hydrogen) atoms. The zero-order valence-corrected chi connectivity index (χ0v) is 9.41. The lowest BCUT2D eigenvalue weighted by Gasteiger charge is -2.10. The highest BCUT2D eigenvalue weighted by molar-refractivity contribution is 9.10. The first-order valence-corrected chi connectivity index (χ1v) is 5.03. The molecule has 0 saturated carbocycles. The molecule has 0 bridgehead atoms. The maximum atomic E-state index is 10.4. The standard InChI is InChI=1S/C10H12BrNO2/c1-6-2-3-7(4-8(6)11)9(12)5-10(13)14/h2-4,9H,5,12H2,1H3,(H,13,14)/t9-/m1/s1. The SMILES string of the molecule is Cc1ccc([C@H](N)CC(=O)O)cc1Br. The Morgan fingerprint density at radius 1 is 1.64 bits per heavy atom. The van der Waals surface area contributed by atoms with Gasteiger partial charge in [0.25, 0.3) is 0 Å². The first kappa shape index (κ1) is 11.2. The fourth-order valence-electron chi connectivity index (χ4n) is 1.15. The molecule has 3 N–H and O–H groups in total. The van der Waals surface area contributed by atoms with Crippen LogP contribution in [0.3, 0.4) is 0 Å². The van der Waals surface area contributed by atoms with Crippen LogP contribution in [0, 0.1) is 6.92 Å². The van der Waals surface area contributed by atoms with E-state index in [9.17, 15) is 4.79 Å². The van der Waals surface area contributed by atoms with Crippen molar-refractivity contribution in [2.75, 3.05) is 0 Å². The van der Waals surface area contributed by atoms with Gasteiger partial charge in [-0.15, -0.1) is 0 Å². The number of aliphatic carboxylic acids is 1. The van der Waals surface area contributed by atoms with Gasteiger partial charge in [-0.3, -0.25) is 4.79 Å². The second-order valence-corrected chi connectivity index (χ2v) is 4.07. The monoisotopic (exact) mass is 257 g/mol. The molecule has 0 aromatic heterocycles. The van der Waals surface area contributed by atoms with E-state index in [1.54, 1.807) is 0 Å². The molecule has 1 aromatic rings. The molecule has 3 nitrogen and oxygen atoms in total. The van der Waals surface area contributed by atoms with E-state index in [2.05, 4.69) is 15.9 Å². The quantitative estimate of drug-likeness (QED) is 0.873. The number of benzene rings is 1. The predicted octanol–water partition coefficient (Wildman–Crippen LogP) is 2.23. The van der Waals surface area contributed by atoms with Crippen molar-refractivity contribution in [3.63, 3.8) is 0 Å². The molecule has 0 aliphatic carbocycles. The van der Waals surface area contributed by atoms with Crippen molar-refractivity contribution in [3.05, 3.63) is 33.8 Å². The predicted molar refractivity (Wildman–Crippen MR) is 58.1 cm³/mol. The third-order valence-electron chi connectivity index (χ3n) is 2.02. The maximum Gasteiger partial charge on any atom is 0.305 e. The topological polar surface area (TPSA) is 63.3 Å². The zero-order valence-electron chi connectivity index (χ0n) is 7.83. The van der Waals surface area contributed by atoms with E-state index in [0.29, 0.717) is 0 Å². The van der Waals surface area contributed by atoms with Gasteiger partial charge in [0, 0.05) is 10.5 Å². The molecule has 0 aliphatic rings. The van der Waals surface area contributed by atoms with Crippen LogP contribution in [0.15, 0.2) is 22.7 Å². The van der Waals surface area contributed by atoms with Gasteiger partial charge in [-0.25, -0.2) is 0 Å². The summed E-state index contributed by atoms with van der Waals surface area (Å²) in [6.07, 6.45) is -0.0461. The van der Waals surface area contributed by atoms with Crippen LogP contribution >= 0.6 is 15.9 Å². The summed E-state index contributed by atoms with van der Waals surface area (Å²) < 4.78 is 0.954. The van der Waals surface area contributed by atoms with Gasteiger partial charge >= 0.3 is 5.97 Å². The Bertz CT molecular complexity index is 352. The molecule has 0 aliphatic heterocycles. The van der Waals surface area contributed by atoms with Crippen molar-refractivity contribution in [2.24, 2.45) is 5.73 Å². The van der Waals surface area contributed by atoms with Crippen molar-refractivity contribution in [3.8, 4) is 0 Å². The van der Waals surface area contributed by atoms with Gasteiger partial charge in [0.2, 0.25) is 0 Å². The highest BCUT2D eigenvalue weighted by Gasteiger charge is 2.10. The van der Waals surface area contributed by atoms with Crippen LogP contribution in [-0.4, -0.2) is 11.1 Å². The van der Waals surface area contributed by atoms with E-state index in [4.69, 9.17) is 10.8 Å². The lowest BCUT2D eigenvalue weighted by molar-refractivity contribution is -0.137. The van der Waals surface area contributed by atoms with Gasteiger partial charge in [0.15, 0.2) is 0 Å². The van der Waals surface area contributed by atoms with Crippen LogP contribution in [0.25, 0.3) is 0 Å². The third-order valence-corrected chi connectivity index (χ3v) is 2.87. The molecule has 1 aromatic carbocycles. The van der Waals surface area contributed by atoms with Crippen molar-refractivity contribution in [1.82, 2.24) is 0 Å². The summed E-state index contributed by atoms with van der Waals surface area (Å²) in [5.41, 5.74) is 7.66. The van der Waals surface area contributed by atoms with Crippen LogP contribution < -0.4 is 5.73 Å². The van der Waals surface area contributed by atoms with E-state index < -0.39 is 12.0 Å². The molecule has 1 rings (SSSR count). The van der Waals surface area contributed by atoms with E-state index in [1.807, 2.05) is 25.1 Å². The average Bonchev–Trinajstić information content (AvgIpc) is 2.08. The number of hydrogen-bond donors (Lipinski definition) is 2. The molecular weight excluding hydrogens is 246 g/mol. The first-order valence-electron chi connectivity index (χ1n) is 4.24. The Morgan fingerprint density at radius 2 is 2.29 bits per heavy atom. The van der Waals surface area contributed by atoms with E-state index in [1.165, 1.54) is 0 Å². The number of nitrogens with two attached hydrogens (primary N) is 1. The molecule has 0 heterocycles. The number of carbonyl (C=O) groups is 1. The van der Waals surface area contributed by atoms with Gasteiger partial charge in [-0.05, 0) is 24.1 Å². The van der Waals surface area contributed by atoms with Crippen molar-refractivity contribution < 1.29 is 9.90 Å². The lowest BCUT2D eigenvalue weighted by atomic mass is 10.0. The highest BCUT2D eigenvalue weighted by Crippen LogP contribution is 2.22. The molecule has 0 fully saturated rings. The second-order valence-electron chi connectivity index (χ2n) is 3.21. The van der Waals surface area contributed by atoms with Crippen LogP contribution in [0.5, 0.6) is 0 Å². The highest BCUT2D eigenvalue weighted by atomic mass is 79.9. The Kier molecular flexibility index (Phi) is 3.66. The fourth-order valence-corrected chi connectivity index (χ4v) is 1.54. The Hall–Kier alpha value is -0.870. The molecule has 0 saturated heterocycles. The minimum atomic E-state index is -0.880. The minimum Gasteiger partial charge on any atom is -0.481 e. The van der Waals surface area contributed by atoms with Crippen molar-refractivity contribution >= 4 is 21.9 Å². The minimum absolute atomic E-state index is 0.0461. The molecular formula is C10H12BrNO2. The van der Waals surface area contributed by atoms with Crippen LogP contribution in [-0.2, 0) is 4.79 Å². The zero-order chi connectivity index (χ0) is 10.7. The molecule has 76 valence electrons. The normalized spacial score (nSPS) is 12.5. The van der Waals surface area contributed by atoms with Gasteiger partial charge in [0.05, 0.1) is 6.42 Å². The maximum absolute atomic E-state index is 10.4. The Balaban J connectivity index is 2.85. The summed E-state index contributed by atoms with van der Waals surface area (Å²) in [6, 6.07) is 5.20. The molecule has 4 heteroatoms. The van der Waals surface area contributed by atoms with Gasteiger partial charge in [-0.1, -0.05) is 28.1 Å². The van der Waals surface area contributed by atoms with Crippen LogP contribution in [0.1, 0.15) is 23.6 Å². The third kappa shape index (κ3) is 2.82.